The van der Waals surface area contributed by atoms with Crippen molar-refractivity contribution in [2.24, 2.45) is 0 Å². The van der Waals surface area contributed by atoms with Crippen molar-refractivity contribution in [3.63, 3.8) is 0 Å². The molecule has 0 aliphatic heterocycles. The zero-order valence-electron chi connectivity index (χ0n) is 14.0. The lowest BCUT2D eigenvalue weighted by Crippen LogP contribution is -1.98. The second-order valence-corrected chi connectivity index (χ2v) is 6.68. The molecule has 4 rings (SSSR count). The number of thioether (sulfide) groups is 1. The predicted octanol–water partition coefficient (Wildman–Crippen LogP) is 4.35. The van der Waals surface area contributed by atoms with E-state index in [0.29, 0.717) is 46.7 Å². The van der Waals surface area contributed by atoms with Gasteiger partial charge in [0.15, 0.2) is 5.76 Å². The highest BCUT2D eigenvalue weighted by Crippen LogP contribution is 2.25. The molecule has 1 aromatic carbocycles. The summed E-state index contributed by atoms with van der Waals surface area (Å²) < 4.78 is 16.2. The van der Waals surface area contributed by atoms with Crippen LogP contribution in [0.25, 0.3) is 11.6 Å². The van der Waals surface area contributed by atoms with Gasteiger partial charge in [-0.1, -0.05) is 54.2 Å². The average molecular weight is 368 g/mol. The molecule has 0 bridgehead atoms. The van der Waals surface area contributed by atoms with Gasteiger partial charge in [0, 0.05) is 6.42 Å². The number of hydrogen-bond acceptors (Lipinski definition) is 8. The Labute approximate surface area is 153 Å². The Balaban J connectivity index is 1.34. The summed E-state index contributed by atoms with van der Waals surface area (Å²) in [5.74, 6) is 2.84. The summed E-state index contributed by atoms with van der Waals surface area (Å²) >= 11 is 1.36. The van der Waals surface area contributed by atoms with Crippen molar-refractivity contribution >= 4 is 11.8 Å². The van der Waals surface area contributed by atoms with Crippen molar-refractivity contribution in [2.45, 2.75) is 30.2 Å². The molecule has 1 atom stereocenters. The molecule has 0 amide bonds. The SMILES string of the molecule is CC(Cc1nnc(SCc2nc(-c3ccco3)no2)o1)c1ccccc1. The molecular weight excluding hydrogens is 352 g/mol. The van der Waals surface area contributed by atoms with E-state index < -0.39 is 0 Å². The van der Waals surface area contributed by atoms with Crippen LogP contribution in [0, 0.1) is 0 Å². The summed E-state index contributed by atoms with van der Waals surface area (Å²) in [5, 5.41) is 12.6. The van der Waals surface area contributed by atoms with E-state index in [2.05, 4.69) is 39.4 Å². The van der Waals surface area contributed by atoms with Gasteiger partial charge >= 0.3 is 0 Å². The molecule has 1 unspecified atom stereocenters. The minimum atomic E-state index is 0.307. The van der Waals surface area contributed by atoms with Gasteiger partial charge in [0.05, 0.1) is 12.0 Å². The molecule has 3 heterocycles. The molecule has 4 aromatic rings. The van der Waals surface area contributed by atoms with Crippen LogP contribution in [0.15, 0.2) is 67.3 Å². The number of aromatic nitrogens is 4. The average Bonchev–Trinajstić information content (AvgIpc) is 3.42. The van der Waals surface area contributed by atoms with Crippen LogP contribution < -0.4 is 0 Å². The van der Waals surface area contributed by atoms with E-state index in [1.807, 2.05) is 18.2 Å². The lowest BCUT2D eigenvalue weighted by atomic mass is 9.98. The van der Waals surface area contributed by atoms with Crippen molar-refractivity contribution in [1.29, 1.82) is 0 Å². The second-order valence-electron chi connectivity index (χ2n) is 5.76. The van der Waals surface area contributed by atoms with E-state index in [-0.39, 0.29) is 0 Å². The number of rotatable bonds is 7. The maximum atomic E-state index is 5.71. The highest BCUT2D eigenvalue weighted by molar-refractivity contribution is 7.98. The van der Waals surface area contributed by atoms with Crippen LogP contribution in [0.2, 0.25) is 0 Å². The van der Waals surface area contributed by atoms with Gasteiger partial charge < -0.3 is 13.4 Å². The van der Waals surface area contributed by atoms with Crippen LogP contribution in [0.5, 0.6) is 0 Å². The number of hydrogen-bond donors (Lipinski definition) is 0. The Morgan fingerprint density at radius 2 is 1.92 bits per heavy atom. The summed E-state index contributed by atoms with van der Waals surface area (Å²) in [6, 6.07) is 13.8. The smallest absolute Gasteiger partial charge is 0.277 e. The molecule has 7 nitrogen and oxygen atoms in total. The van der Waals surface area contributed by atoms with Crippen LogP contribution in [0.4, 0.5) is 0 Å². The maximum absolute atomic E-state index is 5.71. The normalized spacial score (nSPS) is 12.3. The van der Waals surface area contributed by atoms with Crippen LogP contribution in [-0.2, 0) is 12.2 Å². The van der Waals surface area contributed by atoms with Gasteiger partial charge in [-0.2, -0.15) is 4.98 Å². The van der Waals surface area contributed by atoms with Gasteiger partial charge in [0.1, 0.15) is 0 Å². The van der Waals surface area contributed by atoms with Crippen molar-refractivity contribution in [2.75, 3.05) is 0 Å². The Hall–Kier alpha value is -2.87. The van der Waals surface area contributed by atoms with Crippen LogP contribution in [0.1, 0.15) is 30.2 Å². The molecule has 0 spiro atoms. The van der Waals surface area contributed by atoms with Gasteiger partial charge in [-0.05, 0) is 23.6 Å². The van der Waals surface area contributed by atoms with E-state index in [1.165, 1.54) is 17.3 Å². The topological polar surface area (TPSA) is 91.0 Å². The summed E-state index contributed by atoms with van der Waals surface area (Å²) in [7, 11) is 0. The summed E-state index contributed by atoms with van der Waals surface area (Å²) in [6.45, 7) is 2.14. The molecule has 0 radical (unpaired) electrons. The molecule has 0 saturated heterocycles. The minimum absolute atomic E-state index is 0.307. The van der Waals surface area contributed by atoms with Gasteiger partial charge in [-0.25, -0.2) is 0 Å². The molecule has 3 aromatic heterocycles. The van der Waals surface area contributed by atoms with E-state index in [9.17, 15) is 0 Å². The number of benzene rings is 1. The number of nitrogens with zero attached hydrogens (tertiary/aromatic N) is 4. The third-order valence-corrected chi connectivity index (χ3v) is 4.63. The Bertz CT molecular complexity index is 950. The van der Waals surface area contributed by atoms with E-state index in [4.69, 9.17) is 13.4 Å². The van der Waals surface area contributed by atoms with Gasteiger partial charge in [-0.3, -0.25) is 0 Å². The van der Waals surface area contributed by atoms with E-state index >= 15 is 0 Å². The maximum Gasteiger partial charge on any atom is 0.277 e. The molecule has 0 fully saturated rings. The largest absolute Gasteiger partial charge is 0.461 e. The molecule has 0 aliphatic rings. The first-order chi connectivity index (χ1) is 12.8. The molecule has 8 heteroatoms. The van der Waals surface area contributed by atoms with Crippen LogP contribution in [0.3, 0.4) is 0 Å². The lowest BCUT2D eigenvalue weighted by molar-refractivity contribution is 0.387. The van der Waals surface area contributed by atoms with E-state index in [0.717, 1.165) is 0 Å². The fraction of sp³-hybridized carbons (Fsp3) is 0.222. The Morgan fingerprint density at radius 1 is 1.04 bits per heavy atom. The second kappa shape index (κ2) is 7.57. The molecule has 132 valence electrons. The molecule has 26 heavy (non-hydrogen) atoms. The molecule has 0 aliphatic carbocycles. The van der Waals surface area contributed by atoms with Crippen molar-refractivity contribution in [1.82, 2.24) is 20.3 Å². The summed E-state index contributed by atoms with van der Waals surface area (Å²) in [4.78, 5) is 4.28. The summed E-state index contributed by atoms with van der Waals surface area (Å²) in [5.41, 5.74) is 1.25. The molecular formula is C18H16N4O3S. The Morgan fingerprint density at radius 3 is 2.73 bits per heavy atom. The quantitative estimate of drug-likeness (QED) is 0.445. The highest BCUT2D eigenvalue weighted by Gasteiger charge is 2.15. The monoisotopic (exact) mass is 368 g/mol. The summed E-state index contributed by atoms with van der Waals surface area (Å²) in [6.07, 6.45) is 2.26. The predicted molar refractivity (Wildman–Crippen MR) is 94.4 cm³/mol. The molecule has 0 N–H and O–H groups in total. The fourth-order valence-corrected chi connectivity index (χ4v) is 3.10. The van der Waals surface area contributed by atoms with Gasteiger partial charge in [-0.15, -0.1) is 10.2 Å². The van der Waals surface area contributed by atoms with Crippen molar-refractivity contribution in [3.8, 4) is 11.6 Å². The van der Waals surface area contributed by atoms with Gasteiger partial charge in [0.25, 0.3) is 5.22 Å². The van der Waals surface area contributed by atoms with Crippen LogP contribution in [-0.4, -0.2) is 20.3 Å². The Kier molecular flexibility index (Phi) is 4.83. The van der Waals surface area contributed by atoms with Crippen molar-refractivity contribution in [3.05, 3.63) is 66.1 Å². The zero-order valence-corrected chi connectivity index (χ0v) is 14.8. The zero-order chi connectivity index (χ0) is 17.8. The minimum Gasteiger partial charge on any atom is -0.461 e. The highest BCUT2D eigenvalue weighted by atomic mass is 32.2. The van der Waals surface area contributed by atoms with Crippen molar-refractivity contribution < 1.29 is 13.4 Å². The van der Waals surface area contributed by atoms with Gasteiger partial charge in [0.2, 0.25) is 17.6 Å². The van der Waals surface area contributed by atoms with E-state index in [1.54, 1.807) is 18.4 Å². The first-order valence-electron chi connectivity index (χ1n) is 8.14. The molecule has 0 saturated carbocycles. The first kappa shape index (κ1) is 16.6. The fourth-order valence-electron chi connectivity index (χ4n) is 2.48. The van der Waals surface area contributed by atoms with Crippen LogP contribution >= 0.6 is 11.8 Å². The first-order valence-corrected chi connectivity index (χ1v) is 9.13. The third-order valence-electron chi connectivity index (χ3n) is 3.83. The standard InChI is InChI=1S/C18H16N4O3S/c1-12(13-6-3-2-4-7-13)10-15-20-21-18(24-15)26-11-16-19-17(22-25-16)14-8-5-9-23-14/h2-9,12H,10-11H2,1H3. The number of furan rings is 1. The third kappa shape index (κ3) is 3.85. The lowest BCUT2D eigenvalue weighted by Gasteiger charge is -2.08.